The minimum Gasteiger partial charge on any atom is -0.481 e. The Morgan fingerprint density at radius 2 is 1.85 bits per heavy atom. The maximum atomic E-state index is 13.2. The molecule has 0 saturated carbocycles. The molecule has 2 N–H and O–H groups in total. The third-order valence-electron chi connectivity index (χ3n) is 7.07. The molecule has 4 atom stereocenters. The van der Waals surface area contributed by atoms with Crippen LogP contribution in [-0.2, 0) is 30.3 Å². The number of esters is 1. The summed E-state index contributed by atoms with van der Waals surface area (Å²) in [5, 5.41) is 14.3. The average molecular weight is 590 g/mol. The van der Waals surface area contributed by atoms with E-state index in [0.29, 0.717) is 36.9 Å². The summed E-state index contributed by atoms with van der Waals surface area (Å²) in [6, 6.07) is 0.895. The van der Waals surface area contributed by atoms with Gasteiger partial charge in [0, 0.05) is 69.0 Å². The van der Waals surface area contributed by atoms with Crippen molar-refractivity contribution in [3.05, 3.63) is 40.4 Å². The van der Waals surface area contributed by atoms with E-state index in [-0.39, 0.29) is 42.3 Å². The lowest BCUT2D eigenvalue weighted by Crippen LogP contribution is -2.44. The second-order valence-corrected chi connectivity index (χ2v) is 11.7. The zero-order chi connectivity index (χ0) is 30.1. The van der Waals surface area contributed by atoms with Crippen LogP contribution >= 0.6 is 11.3 Å². The molecule has 41 heavy (non-hydrogen) atoms. The predicted octanol–water partition coefficient (Wildman–Crippen LogP) is 2.90. The van der Waals surface area contributed by atoms with Gasteiger partial charge in [-0.05, 0) is 18.4 Å². The molecule has 0 radical (unpaired) electrons. The van der Waals surface area contributed by atoms with Crippen LogP contribution in [0.2, 0.25) is 0 Å². The quantitative estimate of drug-likeness (QED) is 0.296. The SMILES string of the molecule is CC(=O)O[C@H](CC(C(C)C)N(C)C(=O)CC1COC1)c1nc(C(=O)N[C@@H](Cc2ncccn2)C[C@H](C)C(=O)O)cs1. The molecule has 2 aromatic heterocycles. The predicted molar refractivity (Wildman–Crippen MR) is 150 cm³/mol. The van der Waals surface area contributed by atoms with Gasteiger partial charge in [0.2, 0.25) is 5.91 Å². The highest BCUT2D eigenvalue weighted by Crippen LogP contribution is 2.31. The van der Waals surface area contributed by atoms with Gasteiger partial charge >= 0.3 is 11.9 Å². The number of hydrogen-bond donors (Lipinski definition) is 2. The van der Waals surface area contributed by atoms with E-state index in [1.807, 2.05) is 13.8 Å². The van der Waals surface area contributed by atoms with Gasteiger partial charge < -0.3 is 24.8 Å². The highest BCUT2D eigenvalue weighted by Gasteiger charge is 2.32. The highest BCUT2D eigenvalue weighted by molar-refractivity contribution is 7.09. The highest BCUT2D eigenvalue weighted by atomic mass is 32.1. The fraction of sp³-hybridized carbons (Fsp3) is 0.607. The number of carboxylic acid groups (broad SMARTS) is 1. The Morgan fingerprint density at radius 1 is 1.17 bits per heavy atom. The van der Waals surface area contributed by atoms with E-state index in [1.54, 1.807) is 42.7 Å². The van der Waals surface area contributed by atoms with Gasteiger partial charge in [-0.3, -0.25) is 19.2 Å². The number of amides is 2. The van der Waals surface area contributed by atoms with Gasteiger partial charge in [0.1, 0.15) is 16.5 Å². The summed E-state index contributed by atoms with van der Waals surface area (Å²) >= 11 is 1.19. The fourth-order valence-electron chi connectivity index (χ4n) is 4.65. The first kappa shape index (κ1) is 32.1. The molecule has 2 amide bonds. The van der Waals surface area contributed by atoms with Crippen molar-refractivity contribution in [1.82, 2.24) is 25.2 Å². The summed E-state index contributed by atoms with van der Waals surface area (Å²) in [5.74, 6) is -1.88. The van der Waals surface area contributed by atoms with Crippen LogP contribution in [-0.4, -0.2) is 81.1 Å². The van der Waals surface area contributed by atoms with E-state index in [9.17, 15) is 24.3 Å². The smallest absolute Gasteiger partial charge is 0.306 e. The Hall–Kier alpha value is -3.45. The summed E-state index contributed by atoms with van der Waals surface area (Å²) in [4.78, 5) is 64.2. The van der Waals surface area contributed by atoms with Crippen LogP contribution in [0.3, 0.4) is 0 Å². The summed E-state index contributed by atoms with van der Waals surface area (Å²) in [5.41, 5.74) is 0.125. The zero-order valence-corrected chi connectivity index (χ0v) is 24.9. The largest absolute Gasteiger partial charge is 0.481 e. The van der Waals surface area contributed by atoms with Crippen LogP contribution in [0, 0.1) is 17.8 Å². The molecule has 1 aliphatic rings. The Balaban J connectivity index is 1.75. The van der Waals surface area contributed by atoms with E-state index in [2.05, 4.69) is 20.3 Å². The Kier molecular flexibility index (Phi) is 11.7. The van der Waals surface area contributed by atoms with Gasteiger partial charge in [0.25, 0.3) is 5.91 Å². The minimum atomic E-state index is -0.970. The van der Waals surface area contributed by atoms with Crippen molar-refractivity contribution in [1.29, 1.82) is 0 Å². The second kappa shape index (κ2) is 15.0. The van der Waals surface area contributed by atoms with E-state index < -0.39 is 35.9 Å². The number of hydrogen-bond acceptors (Lipinski definition) is 10. The maximum Gasteiger partial charge on any atom is 0.306 e. The van der Waals surface area contributed by atoms with E-state index >= 15 is 0 Å². The Bertz CT molecular complexity index is 1190. The molecule has 2 aromatic rings. The molecule has 0 aliphatic carbocycles. The standard InChI is InChI=1S/C28H39N5O7S/c1-16(2)22(33(5)25(35)10-19-13-39-14-19)12-23(40-18(4)34)27-32-21(15-41-27)26(36)31-20(9-17(3)28(37)38)11-24-29-7-6-8-30-24/h6-8,15-17,19-20,22-23H,9-14H2,1-5H3,(H,31,36)(H,37,38)/t17-,20+,22?,23+/m0/s1. The number of rotatable bonds is 15. The molecule has 0 bridgehead atoms. The minimum absolute atomic E-state index is 0.00167. The Morgan fingerprint density at radius 3 is 2.41 bits per heavy atom. The first-order valence-corrected chi connectivity index (χ1v) is 14.6. The first-order chi connectivity index (χ1) is 19.4. The summed E-state index contributed by atoms with van der Waals surface area (Å²) in [7, 11) is 1.76. The lowest BCUT2D eigenvalue weighted by Gasteiger charge is -2.35. The van der Waals surface area contributed by atoms with Crippen LogP contribution in [0.4, 0.5) is 0 Å². The van der Waals surface area contributed by atoms with Crippen LogP contribution in [0.5, 0.6) is 0 Å². The van der Waals surface area contributed by atoms with Crippen molar-refractivity contribution in [2.24, 2.45) is 17.8 Å². The lowest BCUT2D eigenvalue weighted by molar-refractivity contribution is -0.149. The molecule has 3 rings (SSSR count). The zero-order valence-electron chi connectivity index (χ0n) is 24.1. The maximum absolute atomic E-state index is 13.2. The van der Waals surface area contributed by atoms with Crippen molar-refractivity contribution < 1.29 is 33.8 Å². The number of ether oxygens (including phenoxy) is 2. The number of nitrogens with zero attached hydrogens (tertiary/aromatic N) is 4. The van der Waals surface area contributed by atoms with Gasteiger partial charge in [-0.25, -0.2) is 15.0 Å². The van der Waals surface area contributed by atoms with Crippen molar-refractivity contribution in [3.63, 3.8) is 0 Å². The van der Waals surface area contributed by atoms with E-state index in [1.165, 1.54) is 18.3 Å². The molecule has 13 heteroatoms. The van der Waals surface area contributed by atoms with Crippen LogP contribution in [0.1, 0.15) is 74.4 Å². The molecule has 1 aliphatic heterocycles. The topological polar surface area (TPSA) is 161 Å². The molecule has 224 valence electrons. The monoisotopic (exact) mass is 589 g/mol. The van der Waals surface area contributed by atoms with Crippen LogP contribution in [0.25, 0.3) is 0 Å². The summed E-state index contributed by atoms with van der Waals surface area (Å²) in [6.45, 7) is 8.05. The van der Waals surface area contributed by atoms with Gasteiger partial charge in [-0.1, -0.05) is 20.8 Å². The molecular weight excluding hydrogens is 550 g/mol. The molecule has 1 saturated heterocycles. The van der Waals surface area contributed by atoms with Crippen molar-refractivity contribution in [3.8, 4) is 0 Å². The molecular formula is C28H39N5O7S. The number of carboxylic acids is 1. The Labute approximate surface area is 243 Å². The number of aromatic nitrogens is 3. The molecule has 12 nitrogen and oxygen atoms in total. The third-order valence-corrected chi connectivity index (χ3v) is 8.00. The molecule has 3 heterocycles. The van der Waals surface area contributed by atoms with E-state index in [4.69, 9.17) is 9.47 Å². The summed E-state index contributed by atoms with van der Waals surface area (Å²) < 4.78 is 10.8. The van der Waals surface area contributed by atoms with Gasteiger partial charge in [-0.15, -0.1) is 11.3 Å². The second-order valence-electron chi connectivity index (χ2n) is 10.8. The van der Waals surface area contributed by atoms with Crippen LogP contribution < -0.4 is 5.32 Å². The molecule has 0 spiro atoms. The number of aliphatic carboxylic acids is 1. The fourth-order valence-corrected chi connectivity index (χ4v) is 5.49. The third kappa shape index (κ3) is 9.56. The number of carbonyl (C=O) groups is 4. The number of thiazole rings is 1. The van der Waals surface area contributed by atoms with E-state index in [0.717, 1.165) is 0 Å². The van der Waals surface area contributed by atoms with Crippen LogP contribution in [0.15, 0.2) is 23.8 Å². The van der Waals surface area contributed by atoms with Crippen molar-refractivity contribution in [2.45, 2.75) is 71.6 Å². The van der Waals surface area contributed by atoms with Crippen molar-refractivity contribution >= 4 is 35.1 Å². The van der Waals surface area contributed by atoms with Gasteiger partial charge in [0.05, 0.1) is 19.1 Å². The number of nitrogens with one attached hydrogen (secondary N) is 1. The average Bonchev–Trinajstić information content (AvgIpc) is 3.38. The molecule has 1 fully saturated rings. The normalized spacial score (nSPS) is 16.2. The van der Waals surface area contributed by atoms with Crippen molar-refractivity contribution in [2.75, 3.05) is 20.3 Å². The first-order valence-electron chi connectivity index (χ1n) is 13.7. The molecule has 0 aromatic carbocycles. The molecule has 1 unspecified atom stereocenters. The lowest BCUT2D eigenvalue weighted by atomic mass is 9.95. The number of carbonyl (C=O) groups excluding carboxylic acids is 3. The van der Waals surface area contributed by atoms with Gasteiger partial charge in [-0.2, -0.15) is 0 Å². The van der Waals surface area contributed by atoms with Gasteiger partial charge in [0.15, 0.2) is 6.10 Å². The summed E-state index contributed by atoms with van der Waals surface area (Å²) in [6.07, 6.45) is 3.56.